The molecule has 0 saturated carbocycles. The van der Waals surface area contributed by atoms with Gasteiger partial charge in [0.2, 0.25) is 0 Å². The van der Waals surface area contributed by atoms with Gasteiger partial charge in [-0.3, -0.25) is 9.59 Å². The Balaban J connectivity index is 1.20. The van der Waals surface area contributed by atoms with E-state index in [2.05, 4.69) is 45.0 Å². The summed E-state index contributed by atoms with van der Waals surface area (Å²) in [6, 6.07) is 22.9. The molecule has 0 spiro atoms. The minimum atomic E-state index is -0.201. The summed E-state index contributed by atoms with van der Waals surface area (Å²) in [5.74, 6) is 1.15. The maximum atomic E-state index is 13.7. The SMILES string of the molecule is CC1CCN(c2ncccc2C(=O)Nc2ccc(C(=O)N3Cc4cccn4Cc4ccccc43)cc2)CC1. The van der Waals surface area contributed by atoms with Crippen LogP contribution < -0.4 is 15.1 Å². The van der Waals surface area contributed by atoms with Gasteiger partial charge in [0.1, 0.15) is 5.82 Å². The van der Waals surface area contributed by atoms with Gasteiger partial charge in [-0.1, -0.05) is 25.1 Å². The van der Waals surface area contributed by atoms with Gasteiger partial charge in [0, 0.05) is 54.7 Å². The highest BCUT2D eigenvalue weighted by Crippen LogP contribution is 2.30. The summed E-state index contributed by atoms with van der Waals surface area (Å²) in [7, 11) is 0. The number of anilines is 3. The van der Waals surface area contributed by atoms with Crippen LogP contribution in [0, 0.1) is 5.92 Å². The number of para-hydroxylation sites is 1. The molecule has 6 rings (SSSR count). The third-order valence-corrected chi connectivity index (χ3v) is 7.62. The lowest BCUT2D eigenvalue weighted by atomic mass is 9.99. The van der Waals surface area contributed by atoms with Crippen LogP contribution in [-0.2, 0) is 13.1 Å². The van der Waals surface area contributed by atoms with E-state index in [9.17, 15) is 9.59 Å². The lowest BCUT2D eigenvalue weighted by Crippen LogP contribution is -2.35. The highest BCUT2D eigenvalue weighted by atomic mass is 16.2. The number of rotatable bonds is 4. The molecule has 1 saturated heterocycles. The first kappa shape index (κ1) is 24.0. The third-order valence-electron chi connectivity index (χ3n) is 7.62. The second-order valence-corrected chi connectivity index (χ2v) is 10.2. The summed E-state index contributed by atoms with van der Waals surface area (Å²) >= 11 is 0. The molecule has 1 fully saturated rings. The predicted octanol–water partition coefficient (Wildman–Crippen LogP) is 5.58. The van der Waals surface area contributed by atoms with Crippen molar-refractivity contribution in [3.05, 3.63) is 108 Å². The van der Waals surface area contributed by atoms with Gasteiger partial charge in [-0.15, -0.1) is 0 Å². The van der Waals surface area contributed by atoms with E-state index in [0.717, 1.165) is 55.2 Å². The van der Waals surface area contributed by atoms with Gasteiger partial charge in [0.05, 0.1) is 12.1 Å². The summed E-state index contributed by atoms with van der Waals surface area (Å²) in [6.07, 6.45) is 5.99. The quantitative estimate of drug-likeness (QED) is 0.393. The number of fused-ring (bicyclic) bond motifs is 2. The molecule has 4 heterocycles. The molecule has 38 heavy (non-hydrogen) atoms. The zero-order chi connectivity index (χ0) is 26.1. The number of hydrogen-bond donors (Lipinski definition) is 1. The van der Waals surface area contributed by atoms with Crippen LogP contribution in [0.4, 0.5) is 17.2 Å². The Morgan fingerprint density at radius 2 is 1.68 bits per heavy atom. The monoisotopic (exact) mass is 505 g/mol. The van der Waals surface area contributed by atoms with Gasteiger partial charge in [0.15, 0.2) is 0 Å². The number of amides is 2. The molecule has 192 valence electrons. The maximum Gasteiger partial charge on any atom is 0.259 e. The van der Waals surface area contributed by atoms with Crippen molar-refractivity contribution in [1.29, 1.82) is 0 Å². The molecule has 1 N–H and O–H groups in total. The van der Waals surface area contributed by atoms with Crippen molar-refractivity contribution in [2.45, 2.75) is 32.9 Å². The molecule has 2 aromatic heterocycles. The number of nitrogens with one attached hydrogen (secondary N) is 1. The normalized spacial score (nSPS) is 15.4. The van der Waals surface area contributed by atoms with E-state index in [-0.39, 0.29) is 11.8 Å². The molecule has 0 aliphatic carbocycles. The largest absolute Gasteiger partial charge is 0.356 e. The van der Waals surface area contributed by atoms with Crippen LogP contribution in [0.3, 0.4) is 0 Å². The smallest absolute Gasteiger partial charge is 0.259 e. The molecule has 2 aliphatic heterocycles. The number of hydrogen-bond acceptors (Lipinski definition) is 4. The average molecular weight is 506 g/mol. The van der Waals surface area contributed by atoms with E-state index in [1.165, 1.54) is 0 Å². The minimum absolute atomic E-state index is 0.0705. The Bertz CT molecular complexity index is 1470. The average Bonchev–Trinajstić information content (AvgIpc) is 3.32. The van der Waals surface area contributed by atoms with E-state index in [0.29, 0.717) is 29.3 Å². The number of carbonyl (C=O) groups is 2. The number of carbonyl (C=O) groups excluding carboxylic acids is 2. The van der Waals surface area contributed by atoms with Crippen LogP contribution in [0.25, 0.3) is 0 Å². The first-order valence-electron chi connectivity index (χ1n) is 13.2. The second-order valence-electron chi connectivity index (χ2n) is 10.2. The summed E-state index contributed by atoms with van der Waals surface area (Å²) in [5, 5.41) is 2.99. The number of benzene rings is 2. The number of piperidine rings is 1. The summed E-state index contributed by atoms with van der Waals surface area (Å²) in [5.41, 5.74) is 4.89. The van der Waals surface area contributed by atoms with Crippen LogP contribution in [0.1, 0.15) is 51.7 Å². The standard InChI is InChI=1S/C31H31N5O2/c1-22-14-18-34(19-15-22)29-27(8-4-16-32-29)30(37)33-25-12-10-23(11-13-25)31(38)36-21-26-7-5-17-35(26)20-24-6-2-3-9-28(24)36/h2-13,16-17,22H,14-15,18-21H2,1H3,(H,33,37). The highest BCUT2D eigenvalue weighted by Gasteiger charge is 2.25. The summed E-state index contributed by atoms with van der Waals surface area (Å²) in [4.78, 5) is 35.4. The first-order chi connectivity index (χ1) is 18.6. The molecule has 0 radical (unpaired) electrons. The van der Waals surface area contributed by atoms with Crippen LogP contribution in [0.15, 0.2) is 85.2 Å². The number of nitrogens with zero attached hydrogens (tertiary/aromatic N) is 4. The fourth-order valence-corrected chi connectivity index (χ4v) is 5.36. The van der Waals surface area contributed by atoms with Gasteiger partial charge in [0.25, 0.3) is 11.8 Å². The van der Waals surface area contributed by atoms with Crippen molar-refractivity contribution in [2.75, 3.05) is 28.2 Å². The number of aromatic nitrogens is 2. The van der Waals surface area contributed by atoms with Crippen LogP contribution in [0.5, 0.6) is 0 Å². The molecule has 7 nitrogen and oxygen atoms in total. The van der Waals surface area contributed by atoms with Crippen molar-refractivity contribution >= 4 is 29.0 Å². The molecule has 0 bridgehead atoms. The Morgan fingerprint density at radius 1 is 0.895 bits per heavy atom. The zero-order valence-corrected chi connectivity index (χ0v) is 21.5. The van der Waals surface area contributed by atoms with E-state index in [1.807, 2.05) is 35.2 Å². The molecular formula is C31H31N5O2. The topological polar surface area (TPSA) is 70.5 Å². The van der Waals surface area contributed by atoms with E-state index >= 15 is 0 Å². The Labute approximate surface area is 222 Å². The van der Waals surface area contributed by atoms with Crippen molar-refractivity contribution in [3.63, 3.8) is 0 Å². The Kier molecular flexibility index (Phi) is 6.42. The lowest BCUT2D eigenvalue weighted by Gasteiger charge is -2.32. The first-order valence-corrected chi connectivity index (χ1v) is 13.2. The fourth-order valence-electron chi connectivity index (χ4n) is 5.36. The van der Waals surface area contributed by atoms with E-state index in [1.54, 1.807) is 36.5 Å². The van der Waals surface area contributed by atoms with Crippen LogP contribution in [0.2, 0.25) is 0 Å². The fraction of sp³-hybridized carbons (Fsp3) is 0.258. The van der Waals surface area contributed by atoms with Crippen molar-refractivity contribution in [3.8, 4) is 0 Å². The van der Waals surface area contributed by atoms with Crippen LogP contribution >= 0.6 is 0 Å². The lowest BCUT2D eigenvalue weighted by molar-refractivity contribution is 0.0983. The highest BCUT2D eigenvalue weighted by molar-refractivity contribution is 6.09. The third kappa shape index (κ3) is 4.67. The van der Waals surface area contributed by atoms with Gasteiger partial charge in [-0.2, -0.15) is 0 Å². The van der Waals surface area contributed by atoms with E-state index in [4.69, 9.17) is 0 Å². The van der Waals surface area contributed by atoms with Gasteiger partial charge in [-0.25, -0.2) is 4.98 Å². The van der Waals surface area contributed by atoms with Gasteiger partial charge in [-0.05, 0) is 78.9 Å². The maximum absolute atomic E-state index is 13.7. The molecule has 0 unspecified atom stereocenters. The molecular weight excluding hydrogens is 474 g/mol. The molecule has 0 atom stereocenters. The molecule has 2 aliphatic rings. The molecule has 2 amide bonds. The molecule has 4 aromatic rings. The molecule has 2 aromatic carbocycles. The van der Waals surface area contributed by atoms with Gasteiger partial charge < -0.3 is 19.7 Å². The minimum Gasteiger partial charge on any atom is -0.356 e. The number of pyridine rings is 1. The van der Waals surface area contributed by atoms with Crippen molar-refractivity contribution in [1.82, 2.24) is 9.55 Å². The van der Waals surface area contributed by atoms with Gasteiger partial charge >= 0.3 is 0 Å². The van der Waals surface area contributed by atoms with E-state index < -0.39 is 0 Å². The Morgan fingerprint density at radius 3 is 2.50 bits per heavy atom. The summed E-state index contributed by atoms with van der Waals surface area (Å²) < 4.78 is 2.18. The second kappa shape index (κ2) is 10.2. The zero-order valence-electron chi connectivity index (χ0n) is 21.5. The van der Waals surface area contributed by atoms with Crippen molar-refractivity contribution in [2.24, 2.45) is 5.92 Å². The van der Waals surface area contributed by atoms with Crippen molar-refractivity contribution < 1.29 is 9.59 Å². The Hall–Kier alpha value is -4.39. The summed E-state index contributed by atoms with van der Waals surface area (Å²) in [6.45, 7) is 5.31. The molecule has 7 heteroatoms. The van der Waals surface area contributed by atoms with Crippen LogP contribution in [-0.4, -0.2) is 34.5 Å². The predicted molar refractivity (Wildman–Crippen MR) is 150 cm³/mol.